The van der Waals surface area contributed by atoms with Crippen molar-refractivity contribution >= 4 is 45.3 Å². The van der Waals surface area contributed by atoms with Crippen molar-refractivity contribution in [3.63, 3.8) is 0 Å². The van der Waals surface area contributed by atoms with Gasteiger partial charge in [-0.1, -0.05) is 43.0 Å². The smallest absolute Gasteiger partial charge is 0.264 e. The molecule has 43 heavy (non-hydrogen) atoms. The summed E-state index contributed by atoms with van der Waals surface area (Å²) >= 11 is 5.95. The third-order valence-electron chi connectivity index (χ3n) is 6.75. The Kier molecular flexibility index (Phi) is 11.4. The Hall–Kier alpha value is -4.09. The maximum absolute atomic E-state index is 13.6. The van der Waals surface area contributed by atoms with Crippen LogP contribution in [0.25, 0.3) is 0 Å². The lowest BCUT2D eigenvalue weighted by molar-refractivity contribution is -0.124. The molecule has 0 unspecified atom stereocenters. The van der Waals surface area contributed by atoms with Gasteiger partial charge < -0.3 is 14.8 Å². The van der Waals surface area contributed by atoms with Crippen LogP contribution in [0.2, 0.25) is 5.02 Å². The standard InChI is InChI=1S/C31H35ClN4O6S/c1-2-41-29-11-7-6-10-28(29)36(43(39,40)27-18-14-24(32)15-19-27)21-30(37)35-33-20-23-12-16-26(17-13-23)42-22-31(38)34-25-8-4-3-5-9-25/h6-7,10-20,25H,2-5,8-9,21-22H2,1H3,(H,34,38)(H,35,37)/b33-20-. The molecule has 1 aliphatic carbocycles. The first-order chi connectivity index (χ1) is 20.8. The average molecular weight is 627 g/mol. The van der Waals surface area contributed by atoms with E-state index in [0.717, 1.165) is 30.0 Å². The molecule has 0 aliphatic heterocycles. The number of halogens is 1. The Morgan fingerprint density at radius 3 is 2.35 bits per heavy atom. The van der Waals surface area contributed by atoms with Crippen LogP contribution in [0.4, 0.5) is 5.69 Å². The summed E-state index contributed by atoms with van der Waals surface area (Å²) in [6, 6.07) is 19.3. The number of rotatable bonds is 13. The van der Waals surface area contributed by atoms with Crippen LogP contribution >= 0.6 is 11.6 Å². The first-order valence-corrected chi connectivity index (χ1v) is 15.9. The van der Waals surface area contributed by atoms with Crippen molar-refractivity contribution in [2.45, 2.75) is 50.0 Å². The molecule has 1 saturated carbocycles. The number of anilines is 1. The number of carbonyl (C=O) groups excluding carboxylic acids is 2. The van der Waals surface area contributed by atoms with Crippen LogP contribution in [0.15, 0.2) is 82.8 Å². The maximum Gasteiger partial charge on any atom is 0.264 e. The number of ether oxygens (including phenoxy) is 2. The number of hydrogen-bond donors (Lipinski definition) is 2. The molecule has 10 nitrogen and oxygen atoms in total. The van der Waals surface area contributed by atoms with Crippen LogP contribution in [0.5, 0.6) is 11.5 Å². The van der Waals surface area contributed by atoms with Gasteiger partial charge in [0.15, 0.2) is 6.61 Å². The van der Waals surface area contributed by atoms with Gasteiger partial charge in [-0.05, 0) is 86.0 Å². The van der Waals surface area contributed by atoms with E-state index >= 15 is 0 Å². The van der Waals surface area contributed by atoms with Gasteiger partial charge in [-0.15, -0.1) is 0 Å². The van der Waals surface area contributed by atoms with Crippen molar-refractivity contribution in [2.75, 3.05) is 24.1 Å². The third-order valence-corrected chi connectivity index (χ3v) is 8.77. The van der Waals surface area contributed by atoms with Gasteiger partial charge in [0, 0.05) is 11.1 Å². The Balaban J connectivity index is 1.38. The van der Waals surface area contributed by atoms with Crippen LogP contribution in [0.1, 0.15) is 44.6 Å². The van der Waals surface area contributed by atoms with Gasteiger partial charge in [-0.3, -0.25) is 13.9 Å². The molecule has 228 valence electrons. The molecular formula is C31H35ClN4O6S. The Bertz CT molecular complexity index is 1510. The van der Waals surface area contributed by atoms with Crippen LogP contribution in [-0.4, -0.2) is 52.2 Å². The summed E-state index contributed by atoms with van der Waals surface area (Å²) in [5, 5.41) is 7.38. The molecule has 0 spiro atoms. The molecule has 1 fully saturated rings. The highest BCUT2D eigenvalue weighted by Crippen LogP contribution is 2.32. The second kappa shape index (κ2) is 15.4. The summed E-state index contributed by atoms with van der Waals surface area (Å²) < 4.78 is 39.5. The van der Waals surface area contributed by atoms with Crippen molar-refractivity contribution in [3.05, 3.63) is 83.4 Å². The van der Waals surface area contributed by atoms with E-state index in [0.29, 0.717) is 28.7 Å². The van der Waals surface area contributed by atoms with E-state index < -0.39 is 22.5 Å². The maximum atomic E-state index is 13.6. The lowest BCUT2D eigenvalue weighted by Gasteiger charge is -2.25. The predicted octanol–water partition coefficient (Wildman–Crippen LogP) is 4.91. The molecule has 2 amide bonds. The van der Waals surface area contributed by atoms with E-state index in [1.165, 1.54) is 36.9 Å². The second-order valence-electron chi connectivity index (χ2n) is 9.92. The molecule has 0 heterocycles. The van der Waals surface area contributed by atoms with Crippen molar-refractivity contribution in [1.82, 2.24) is 10.7 Å². The zero-order valence-electron chi connectivity index (χ0n) is 23.9. The van der Waals surface area contributed by atoms with Crippen LogP contribution in [0, 0.1) is 0 Å². The molecule has 1 aliphatic rings. The molecule has 0 aromatic heterocycles. The van der Waals surface area contributed by atoms with Crippen LogP contribution in [0.3, 0.4) is 0 Å². The largest absolute Gasteiger partial charge is 0.492 e. The van der Waals surface area contributed by atoms with Gasteiger partial charge >= 0.3 is 0 Å². The summed E-state index contributed by atoms with van der Waals surface area (Å²) in [7, 11) is -4.17. The van der Waals surface area contributed by atoms with E-state index in [2.05, 4.69) is 15.8 Å². The Labute approximate surface area is 257 Å². The number of hydrogen-bond acceptors (Lipinski definition) is 7. The quantitative estimate of drug-likeness (QED) is 0.205. The lowest BCUT2D eigenvalue weighted by Crippen LogP contribution is -2.39. The number of nitrogens with zero attached hydrogens (tertiary/aromatic N) is 2. The van der Waals surface area contributed by atoms with Crippen molar-refractivity contribution < 1.29 is 27.5 Å². The van der Waals surface area contributed by atoms with Crippen LogP contribution < -0.4 is 24.5 Å². The number of hydrazone groups is 1. The van der Waals surface area contributed by atoms with E-state index in [9.17, 15) is 18.0 Å². The molecule has 0 saturated heterocycles. The third kappa shape index (κ3) is 9.20. The average Bonchev–Trinajstić information content (AvgIpc) is 3.01. The second-order valence-corrected chi connectivity index (χ2v) is 12.2. The molecule has 0 bridgehead atoms. The van der Waals surface area contributed by atoms with Crippen molar-refractivity contribution in [2.24, 2.45) is 5.10 Å². The molecule has 0 atom stereocenters. The highest BCUT2D eigenvalue weighted by atomic mass is 35.5. The molecular weight excluding hydrogens is 592 g/mol. The van der Waals surface area contributed by atoms with E-state index in [1.807, 2.05) is 0 Å². The van der Waals surface area contributed by atoms with Gasteiger partial charge in [0.25, 0.3) is 21.8 Å². The van der Waals surface area contributed by atoms with Crippen LogP contribution in [-0.2, 0) is 19.6 Å². The highest BCUT2D eigenvalue weighted by molar-refractivity contribution is 7.92. The monoisotopic (exact) mass is 626 g/mol. The molecule has 0 radical (unpaired) electrons. The highest BCUT2D eigenvalue weighted by Gasteiger charge is 2.29. The minimum Gasteiger partial charge on any atom is -0.492 e. The fourth-order valence-corrected chi connectivity index (χ4v) is 6.19. The normalized spacial score (nSPS) is 13.8. The van der Waals surface area contributed by atoms with Gasteiger partial charge in [0.1, 0.15) is 18.0 Å². The Morgan fingerprint density at radius 2 is 1.65 bits per heavy atom. The first-order valence-electron chi connectivity index (χ1n) is 14.1. The fraction of sp³-hybridized carbons (Fsp3) is 0.323. The first kappa shape index (κ1) is 31.8. The van der Waals surface area contributed by atoms with Crippen molar-refractivity contribution in [3.8, 4) is 11.5 Å². The zero-order valence-corrected chi connectivity index (χ0v) is 25.4. The molecule has 4 rings (SSSR count). The minimum atomic E-state index is -4.17. The predicted molar refractivity (Wildman–Crippen MR) is 166 cm³/mol. The lowest BCUT2D eigenvalue weighted by atomic mass is 9.95. The van der Waals surface area contributed by atoms with Crippen molar-refractivity contribution in [1.29, 1.82) is 0 Å². The zero-order chi connectivity index (χ0) is 30.7. The van der Waals surface area contributed by atoms with E-state index in [4.69, 9.17) is 21.1 Å². The Morgan fingerprint density at radius 1 is 0.953 bits per heavy atom. The molecule has 2 N–H and O–H groups in total. The molecule has 3 aromatic carbocycles. The number of amides is 2. The topological polar surface area (TPSA) is 126 Å². The fourth-order valence-electron chi connectivity index (χ4n) is 4.63. The number of carbonyl (C=O) groups is 2. The van der Waals surface area contributed by atoms with E-state index in [-0.39, 0.29) is 29.1 Å². The summed E-state index contributed by atoms with van der Waals surface area (Å²) in [5.74, 6) is 0.0314. The molecule has 3 aromatic rings. The number of benzene rings is 3. The summed E-state index contributed by atoms with van der Waals surface area (Å²) in [4.78, 5) is 25.1. The van der Waals surface area contributed by atoms with E-state index in [1.54, 1.807) is 55.5 Å². The summed E-state index contributed by atoms with van der Waals surface area (Å²) in [6.07, 6.45) is 6.93. The minimum absolute atomic E-state index is 0.0340. The number of para-hydroxylation sites is 2. The van der Waals surface area contributed by atoms with Gasteiger partial charge in [0.05, 0.1) is 23.4 Å². The van der Waals surface area contributed by atoms with Gasteiger partial charge in [-0.25, -0.2) is 13.8 Å². The summed E-state index contributed by atoms with van der Waals surface area (Å²) in [5.41, 5.74) is 3.26. The SMILES string of the molecule is CCOc1ccccc1N(CC(=O)N/N=C\c1ccc(OCC(=O)NC2CCCCC2)cc1)S(=O)(=O)c1ccc(Cl)cc1. The number of nitrogens with one attached hydrogen (secondary N) is 2. The van der Waals surface area contributed by atoms with Gasteiger partial charge in [-0.2, -0.15) is 5.10 Å². The van der Waals surface area contributed by atoms with Gasteiger partial charge in [0.2, 0.25) is 0 Å². The molecule has 12 heteroatoms. The number of sulfonamides is 1. The summed E-state index contributed by atoms with van der Waals surface area (Å²) in [6.45, 7) is 1.47.